The summed E-state index contributed by atoms with van der Waals surface area (Å²) in [6.45, 7) is 6.09. The van der Waals surface area contributed by atoms with Crippen molar-refractivity contribution in [3.05, 3.63) is 34.3 Å². The number of hydrogen-bond acceptors (Lipinski definition) is 2. The number of nitrogens with one attached hydrogen (secondary N) is 1. The summed E-state index contributed by atoms with van der Waals surface area (Å²) >= 11 is 3.48. The van der Waals surface area contributed by atoms with Crippen LogP contribution in [0.25, 0.3) is 0 Å². The van der Waals surface area contributed by atoms with Crippen LogP contribution in [0.4, 0.5) is 0 Å². The van der Waals surface area contributed by atoms with E-state index in [0.717, 1.165) is 36.7 Å². The number of rotatable bonds is 4. The second kappa shape index (κ2) is 5.94. The Bertz CT molecular complexity index is 421. The normalized spacial score (nSPS) is 21.3. The first-order valence-corrected chi connectivity index (χ1v) is 7.86. The molecule has 2 rings (SSSR count). The van der Waals surface area contributed by atoms with Crippen LogP contribution < -0.4 is 5.32 Å². The Morgan fingerprint density at radius 1 is 1.21 bits per heavy atom. The van der Waals surface area contributed by atoms with Crippen molar-refractivity contribution in [2.75, 3.05) is 6.54 Å². The maximum atomic E-state index is 10.6. The Kier molecular flexibility index (Phi) is 4.70. The zero-order valence-electron chi connectivity index (χ0n) is 11.9. The third-order valence-electron chi connectivity index (χ3n) is 4.21. The molecule has 0 unspecified atom stereocenters. The molecule has 19 heavy (non-hydrogen) atoms. The molecule has 1 saturated carbocycles. The first-order valence-electron chi connectivity index (χ1n) is 7.06. The molecule has 2 nitrogen and oxygen atoms in total. The molecule has 2 N–H and O–H groups in total. The minimum atomic E-state index is -0.512. The second-order valence-corrected chi connectivity index (χ2v) is 7.54. The van der Waals surface area contributed by atoms with Gasteiger partial charge in [-0.05, 0) is 48.8 Å². The monoisotopic (exact) mass is 325 g/mol. The van der Waals surface area contributed by atoms with Gasteiger partial charge in [-0.15, -0.1) is 0 Å². The molecule has 0 heterocycles. The van der Waals surface area contributed by atoms with Crippen LogP contribution >= 0.6 is 15.9 Å². The van der Waals surface area contributed by atoms with E-state index in [1.165, 1.54) is 5.56 Å². The Morgan fingerprint density at radius 3 is 2.53 bits per heavy atom. The lowest BCUT2D eigenvalue weighted by atomic mass is 9.71. The molecular weight excluding hydrogens is 302 g/mol. The van der Waals surface area contributed by atoms with E-state index in [1.54, 1.807) is 0 Å². The zero-order valence-corrected chi connectivity index (χ0v) is 13.5. The van der Waals surface area contributed by atoms with E-state index in [4.69, 9.17) is 0 Å². The average Bonchev–Trinajstić information content (AvgIpc) is 2.34. The van der Waals surface area contributed by atoms with Gasteiger partial charge in [0.1, 0.15) is 0 Å². The van der Waals surface area contributed by atoms with Gasteiger partial charge < -0.3 is 10.4 Å². The summed E-state index contributed by atoms with van der Waals surface area (Å²) in [6.07, 6.45) is 4.04. The van der Waals surface area contributed by atoms with Gasteiger partial charge in [0.2, 0.25) is 0 Å². The van der Waals surface area contributed by atoms with E-state index in [9.17, 15) is 5.11 Å². The van der Waals surface area contributed by atoms with Crippen molar-refractivity contribution in [1.29, 1.82) is 0 Å². The van der Waals surface area contributed by atoms with E-state index in [2.05, 4.69) is 47.2 Å². The van der Waals surface area contributed by atoms with E-state index in [0.29, 0.717) is 12.0 Å². The molecule has 1 aromatic carbocycles. The van der Waals surface area contributed by atoms with Gasteiger partial charge in [0, 0.05) is 17.6 Å². The van der Waals surface area contributed by atoms with Crippen LogP contribution in [0.15, 0.2) is 28.7 Å². The minimum Gasteiger partial charge on any atom is -0.389 e. The first kappa shape index (κ1) is 15.0. The summed E-state index contributed by atoms with van der Waals surface area (Å²) in [5, 5.41) is 14.0. The maximum Gasteiger partial charge on any atom is 0.0772 e. The standard InChI is InChI=1S/C16H24BrNO/c1-15(2)6-8-16(19,9-7-15)12-18-11-13-4-3-5-14(17)10-13/h3-5,10,18-19H,6-9,11-12H2,1-2H3. The summed E-state index contributed by atoms with van der Waals surface area (Å²) in [7, 11) is 0. The molecule has 106 valence electrons. The van der Waals surface area contributed by atoms with Crippen LogP contribution in [0, 0.1) is 5.41 Å². The van der Waals surface area contributed by atoms with Crippen LogP contribution in [0.1, 0.15) is 45.1 Å². The molecule has 0 amide bonds. The molecule has 0 aromatic heterocycles. The Morgan fingerprint density at radius 2 is 1.89 bits per heavy atom. The molecule has 0 spiro atoms. The molecule has 0 radical (unpaired) electrons. The van der Waals surface area contributed by atoms with Gasteiger partial charge in [0.25, 0.3) is 0 Å². The highest BCUT2D eigenvalue weighted by Gasteiger charge is 2.36. The predicted molar refractivity (Wildman–Crippen MR) is 83.0 cm³/mol. The maximum absolute atomic E-state index is 10.6. The first-order chi connectivity index (χ1) is 8.89. The van der Waals surface area contributed by atoms with Gasteiger partial charge in [-0.2, -0.15) is 0 Å². The van der Waals surface area contributed by atoms with Crippen molar-refractivity contribution in [2.24, 2.45) is 5.41 Å². The molecule has 0 atom stereocenters. The SMILES string of the molecule is CC1(C)CCC(O)(CNCc2cccc(Br)c2)CC1. The summed E-state index contributed by atoms with van der Waals surface area (Å²) in [5.41, 5.74) is 1.13. The van der Waals surface area contributed by atoms with Crippen molar-refractivity contribution in [2.45, 2.75) is 51.7 Å². The van der Waals surface area contributed by atoms with Gasteiger partial charge >= 0.3 is 0 Å². The molecular formula is C16H24BrNO. The second-order valence-electron chi connectivity index (χ2n) is 6.62. The molecule has 1 aliphatic carbocycles. The molecule has 3 heteroatoms. The third kappa shape index (κ3) is 4.59. The Labute approximate surface area is 124 Å². The summed E-state index contributed by atoms with van der Waals surface area (Å²) in [4.78, 5) is 0. The van der Waals surface area contributed by atoms with E-state index in [-0.39, 0.29) is 0 Å². The molecule has 0 saturated heterocycles. The summed E-state index contributed by atoms with van der Waals surface area (Å²) in [5.74, 6) is 0. The van der Waals surface area contributed by atoms with Crippen molar-refractivity contribution < 1.29 is 5.11 Å². The fourth-order valence-corrected chi connectivity index (χ4v) is 3.10. The van der Waals surface area contributed by atoms with Gasteiger partial charge in [0.05, 0.1) is 5.60 Å². The van der Waals surface area contributed by atoms with Crippen molar-refractivity contribution in [3.8, 4) is 0 Å². The highest BCUT2D eigenvalue weighted by molar-refractivity contribution is 9.10. The van der Waals surface area contributed by atoms with Crippen molar-refractivity contribution in [3.63, 3.8) is 0 Å². The zero-order chi connectivity index (χ0) is 13.9. The highest BCUT2D eigenvalue weighted by Crippen LogP contribution is 2.39. The topological polar surface area (TPSA) is 32.3 Å². The lowest BCUT2D eigenvalue weighted by Crippen LogP contribution is -2.44. The number of benzene rings is 1. The van der Waals surface area contributed by atoms with Gasteiger partial charge in [-0.25, -0.2) is 0 Å². The lowest BCUT2D eigenvalue weighted by Gasteiger charge is -2.40. The molecule has 1 fully saturated rings. The molecule has 0 aliphatic heterocycles. The Balaban J connectivity index is 1.79. The average molecular weight is 326 g/mol. The van der Waals surface area contributed by atoms with E-state index < -0.39 is 5.60 Å². The minimum absolute atomic E-state index is 0.399. The van der Waals surface area contributed by atoms with Gasteiger partial charge in [-0.3, -0.25) is 0 Å². The van der Waals surface area contributed by atoms with E-state index >= 15 is 0 Å². The molecule has 0 bridgehead atoms. The Hall–Kier alpha value is -0.380. The lowest BCUT2D eigenvalue weighted by molar-refractivity contribution is -0.0245. The highest BCUT2D eigenvalue weighted by atomic mass is 79.9. The quantitative estimate of drug-likeness (QED) is 0.880. The fourth-order valence-electron chi connectivity index (χ4n) is 2.66. The molecule has 1 aliphatic rings. The smallest absolute Gasteiger partial charge is 0.0772 e. The number of halogens is 1. The molecule has 1 aromatic rings. The van der Waals surface area contributed by atoms with Crippen LogP contribution in [0.5, 0.6) is 0 Å². The third-order valence-corrected chi connectivity index (χ3v) is 4.70. The summed E-state index contributed by atoms with van der Waals surface area (Å²) in [6, 6.07) is 8.28. The number of aliphatic hydroxyl groups is 1. The predicted octanol–water partition coefficient (Wildman–Crippen LogP) is 3.87. The van der Waals surface area contributed by atoms with Gasteiger partial charge in [-0.1, -0.05) is 41.9 Å². The number of hydrogen-bond donors (Lipinski definition) is 2. The van der Waals surface area contributed by atoms with Crippen molar-refractivity contribution >= 4 is 15.9 Å². The summed E-state index contributed by atoms with van der Waals surface area (Å²) < 4.78 is 1.10. The largest absolute Gasteiger partial charge is 0.389 e. The fraction of sp³-hybridized carbons (Fsp3) is 0.625. The van der Waals surface area contributed by atoms with Gasteiger partial charge in [0.15, 0.2) is 0 Å². The van der Waals surface area contributed by atoms with Crippen LogP contribution in [0.3, 0.4) is 0 Å². The van der Waals surface area contributed by atoms with Crippen LogP contribution in [-0.2, 0) is 6.54 Å². The van der Waals surface area contributed by atoms with Crippen LogP contribution in [0.2, 0.25) is 0 Å². The van der Waals surface area contributed by atoms with Crippen molar-refractivity contribution in [1.82, 2.24) is 5.32 Å². The van der Waals surface area contributed by atoms with Crippen LogP contribution in [-0.4, -0.2) is 17.3 Å². The van der Waals surface area contributed by atoms with E-state index in [1.807, 2.05) is 12.1 Å².